The van der Waals surface area contributed by atoms with Crippen molar-refractivity contribution in [2.75, 3.05) is 6.54 Å². The average molecular weight is 363 g/mol. The molecule has 3 heterocycles. The molecule has 2 aromatic heterocycles. The maximum absolute atomic E-state index is 11.0. The molecule has 1 aliphatic rings. The Hall–Kier alpha value is -3.39. The van der Waals surface area contributed by atoms with Crippen molar-refractivity contribution < 1.29 is 10.0 Å². The molecule has 0 amide bonds. The molecule has 0 aliphatic carbocycles. The smallest absolute Gasteiger partial charge is 0.270 e. The zero-order valence-electron chi connectivity index (χ0n) is 14.4. The zero-order valence-corrected chi connectivity index (χ0v) is 14.4. The summed E-state index contributed by atoms with van der Waals surface area (Å²) in [5.74, 6) is 0.723. The molecule has 0 bridgehead atoms. The van der Waals surface area contributed by atoms with Crippen LogP contribution in [0.2, 0.25) is 0 Å². The molecule has 4 rings (SSSR count). The third-order valence-electron chi connectivity index (χ3n) is 4.60. The summed E-state index contributed by atoms with van der Waals surface area (Å²) in [5.41, 5.74) is 3.43. The molecule has 136 valence electrons. The number of fused-ring (bicyclic) bond motifs is 1. The highest BCUT2D eigenvalue weighted by molar-refractivity contribution is 5.53. The molecule has 3 aromatic rings. The second-order valence-corrected chi connectivity index (χ2v) is 6.44. The number of aromatic hydroxyl groups is 1. The van der Waals surface area contributed by atoms with E-state index in [9.17, 15) is 15.2 Å². The van der Waals surface area contributed by atoms with Gasteiger partial charge in [0.2, 0.25) is 0 Å². The van der Waals surface area contributed by atoms with Crippen molar-refractivity contribution in [1.82, 2.24) is 19.9 Å². The quantitative estimate of drug-likeness (QED) is 0.561. The van der Waals surface area contributed by atoms with E-state index in [1.165, 1.54) is 18.2 Å². The first-order valence-electron chi connectivity index (χ1n) is 8.54. The maximum atomic E-state index is 11.0. The van der Waals surface area contributed by atoms with Crippen LogP contribution in [0.4, 0.5) is 5.69 Å². The SMILES string of the molecule is O=[N+]([O-])c1ccc(O)c(CN2CCc3nc(-c4cccnc4)ncc3C2)c1. The summed E-state index contributed by atoms with van der Waals surface area (Å²) >= 11 is 0. The van der Waals surface area contributed by atoms with E-state index in [1.807, 2.05) is 18.3 Å². The van der Waals surface area contributed by atoms with Gasteiger partial charge >= 0.3 is 0 Å². The summed E-state index contributed by atoms with van der Waals surface area (Å²) in [6.45, 7) is 1.81. The van der Waals surface area contributed by atoms with Crippen LogP contribution < -0.4 is 0 Å². The van der Waals surface area contributed by atoms with Crippen LogP contribution in [0.25, 0.3) is 11.4 Å². The highest BCUT2D eigenvalue weighted by Crippen LogP contribution is 2.27. The van der Waals surface area contributed by atoms with E-state index in [1.54, 1.807) is 12.4 Å². The summed E-state index contributed by atoms with van der Waals surface area (Å²) in [7, 11) is 0. The molecule has 1 aromatic carbocycles. The number of nitrogens with zero attached hydrogens (tertiary/aromatic N) is 5. The van der Waals surface area contributed by atoms with E-state index >= 15 is 0 Å². The molecule has 1 N–H and O–H groups in total. The van der Waals surface area contributed by atoms with Crippen molar-refractivity contribution in [3.8, 4) is 17.1 Å². The van der Waals surface area contributed by atoms with Crippen molar-refractivity contribution in [3.05, 3.63) is 75.9 Å². The van der Waals surface area contributed by atoms with Crippen molar-refractivity contribution in [1.29, 1.82) is 0 Å². The fraction of sp³-hybridized carbons (Fsp3) is 0.211. The van der Waals surface area contributed by atoms with E-state index < -0.39 is 4.92 Å². The van der Waals surface area contributed by atoms with Crippen molar-refractivity contribution in [2.24, 2.45) is 0 Å². The number of hydrogen-bond acceptors (Lipinski definition) is 7. The van der Waals surface area contributed by atoms with Crippen LogP contribution in [0, 0.1) is 10.1 Å². The Labute approximate surface area is 155 Å². The lowest BCUT2D eigenvalue weighted by Crippen LogP contribution is -2.31. The molecule has 0 unspecified atom stereocenters. The van der Waals surface area contributed by atoms with E-state index in [0.717, 1.165) is 29.8 Å². The predicted octanol–water partition coefficient (Wildman–Crippen LogP) is 2.71. The van der Waals surface area contributed by atoms with Crippen molar-refractivity contribution >= 4 is 5.69 Å². The second kappa shape index (κ2) is 7.08. The molecule has 0 saturated carbocycles. The van der Waals surface area contributed by atoms with Gasteiger partial charge in [-0.05, 0) is 18.2 Å². The van der Waals surface area contributed by atoms with Crippen LogP contribution in [-0.4, -0.2) is 36.4 Å². The van der Waals surface area contributed by atoms with Crippen LogP contribution >= 0.6 is 0 Å². The molecule has 1 aliphatic heterocycles. The molecular formula is C19H17N5O3. The molecule has 8 heteroatoms. The number of phenolic OH excluding ortho intramolecular Hbond substituents is 1. The van der Waals surface area contributed by atoms with Gasteiger partial charge in [-0.25, -0.2) is 9.97 Å². The van der Waals surface area contributed by atoms with Gasteiger partial charge in [-0.2, -0.15) is 0 Å². The summed E-state index contributed by atoms with van der Waals surface area (Å²) < 4.78 is 0. The largest absolute Gasteiger partial charge is 0.508 e. The molecule has 27 heavy (non-hydrogen) atoms. The van der Waals surface area contributed by atoms with Crippen LogP contribution in [0.1, 0.15) is 16.8 Å². The Morgan fingerprint density at radius 2 is 2.15 bits per heavy atom. The Balaban J connectivity index is 1.52. The molecule has 0 radical (unpaired) electrons. The van der Waals surface area contributed by atoms with Crippen LogP contribution in [0.15, 0.2) is 48.9 Å². The summed E-state index contributed by atoms with van der Waals surface area (Å²) in [6, 6.07) is 7.87. The van der Waals surface area contributed by atoms with Gasteiger partial charge in [-0.3, -0.25) is 20.0 Å². The highest BCUT2D eigenvalue weighted by atomic mass is 16.6. The molecule has 0 atom stereocenters. The maximum Gasteiger partial charge on any atom is 0.270 e. The fourth-order valence-electron chi connectivity index (χ4n) is 3.20. The zero-order chi connectivity index (χ0) is 18.8. The summed E-state index contributed by atoms with van der Waals surface area (Å²) in [6.07, 6.45) is 6.02. The number of nitro groups is 1. The van der Waals surface area contributed by atoms with Crippen LogP contribution in [0.5, 0.6) is 5.75 Å². The third-order valence-corrected chi connectivity index (χ3v) is 4.60. The molecule has 0 spiro atoms. The van der Waals surface area contributed by atoms with Gasteiger partial charge in [0.1, 0.15) is 5.75 Å². The van der Waals surface area contributed by atoms with Gasteiger partial charge in [0.05, 0.1) is 10.6 Å². The Morgan fingerprint density at radius 3 is 2.93 bits per heavy atom. The van der Waals surface area contributed by atoms with Gasteiger partial charge in [-0.1, -0.05) is 0 Å². The van der Waals surface area contributed by atoms with Gasteiger partial charge in [-0.15, -0.1) is 0 Å². The monoisotopic (exact) mass is 363 g/mol. The van der Waals surface area contributed by atoms with Gasteiger partial charge < -0.3 is 5.11 Å². The number of hydrogen-bond donors (Lipinski definition) is 1. The first kappa shape index (κ1) is 17.0. The first-order chi connectivity index (χ1) is 13.1. The second-order valence-electron chi connectivity index (χ2n) is 6.44. The Bertz CT molecular complexity index is 994. The number of pyridine rings is 1. The standard InChI is InChI=1S/C19H17N5O3/c25-18-4-3-16(24(26)27)8-14(18)11-23-7-5-17-15(12-23)10-21-19(22-17)13-2-1-6-20-9-13/h1-4,6,8-10,25H,5,7,11-12H2. The topological polar surface area (TPSA) is 105 Å². The van der Waals surface area contributed by atoms with Gasteiger partial charge in [0.25, 0.3) is 5.69 Å². The fourth-order valence-corrected chi connectivity index (χ4v) is 3.20. The number of benzene rings is 1. The minimum Gasteiger partial charge on any atom is -0.508 e. The van der Waals surface area contributed by atoms with Crippen LogP contribution in [0.3, 0.4) is 0 Å². The van der Waals surface area contributed by atoms with E-state index in [4.69, 9.17) is 0 Å². The van der Waals surface area contributed by atoms with E-state index in [2.05, 4.69) is 19.9 Å². The highest BCUT2D eigenvalue weighted by Gasteiger charge is 2.21. The normalized spacial score (nSPS) is 13.9. The van der Waals surface area contributed by atoms with Gasteiger partial charge in [0.15, 0.2) is 5.82 Å². The number of nitro benzene ring substituents is 1. The molecule has 0 saturated heterocycles. The minimum absolute atomic E-state index is 0.0235. The number of non-ortho nitro benzene ring substituents is 1. The molecule has 8 nitrogen and oxygen atoms in total. The summed E-state index contributed by atoms with van der Waals surface area (Å²) in [5, 5.41) is 21.0. The minimum atomic E-state index is -0.456. The lowest BCUT2D eigenvalue weighted by atomic mass is 10.1. The lowest BCUT2D eigenvalue weighted by Gasteiger charge is -2.28. The van der Waals surface area contributed by atoms with E-state index in [0.29, 0.717) is 24.5 Å². The average Bonchev–Trinajstić information content (AvgIpc) is 2.69. The first-order valence-corrected chi connectivity index (χ1v) is 8.54. The van der Waals surface area contributed by atoms with Crippen molar-refractivity contribution in [2.45, 2.75) is 19.5 Å². The number of aromatic nitrogens is 3. The predicted molar refractivity (Wildman–Crippen MR) is 97.8 cm³/mol. The summed E-state index contributed by atoms with van der Waals surface area (Å²) in [4.78, 5) is 25.8. The van der Waals surface area contributed by atoms with Crippen LogP contribution in [-0.2, 0) is 19.5 Å². The molecule has 0 fully saturated rings. The molecular weight excluding hydrogens is 346 g/mol. The Kier molecular flexibility index (Phi) is 4.47. The Morgan fingerprint density at radius 1 is 1.26 bits per heavy atom. The third kappa shape index (κ3) is 3.61. The van der Waals surface area contributed by atoms with Crippen molar-refractivity contribution in [3.63, 3.8) is 0 Å². The van der Waals surface area contributed by atoms with E-state index in [-0.39, 0.29) is 11.4 Å². The van der Waals surface area contributed by atoms with Gasteiger partial charge in [0, 0.05) is 73.5 Å². The lowest BCUT2D eigenvalue weighted by molar-refractivity contribution is -0.385. The number of rotatable bonds is 4. The number of phenols is 1.